The highest BCUT2D eigenvalue weighted by Crippen LogP contribution is 2.15. The van der Waals surface area contributed by atoms with Gasteiger partial charge in [-0.05, 0) is 11.6 Å². The molecule has 2 aromatic rings. The molecule has 0 saturated carbocycles. The van der Waals surface area contributed by atoms with Gasteiger partial charge in [0.1, 0.15) is 0 Å². The van der Waals surface area contributed by atoms with E-state index in [1.807, 2.05) is 24.3 Å². The van der Waals surface area contributed by atoms with E-state index in [9.17, 15) is 9.59 Å². The number of rotatable bonds is 3. The van der Waals surface area contributed by atoms with Crippen molar-refractivity contribution < 1.29 is 4.79 Å². The molecule has 3 nitrogen and oxygen atoms in total. The van der Waals surface area contributed by atoms with Crippen LogP contribution >= 0.6 is 11.8 Å². The predicted molar refractivity (Wildman–Crippen MR) is 76.7 cm³/mol. The summed E-state index contributed by atoms with van der Waals surface area (Å²) < 4.78 is 0. The number of nitrogens with one attached hydrogen (secondary N) is 1. The number of hydrogen-bond donors (Lipinski definition) is 1. The van der Waals surface area contributed by atoms with Crippen LogP contribution in [0.4, 0.5) is 0 Å². The van der Waals surface area contributed by atoms with Crippen LogP contribution in [-0.2, 0) is 4.79 Å². The second-order valence-electron chi connectivity index (χ2n) is 3.82. The van der Waals surface area contributed by atoms with Gasteiger partial charge in [-0.25, -0.2) is 0 Å². The average molecular weight is 259 g/mol. The van der Waals surface area contributed by atoms with Crippen LogP contribution in [0.2, 0.25) is 0 Å². The fourth-order valence-electron chi connectivity index (χ4n) is 1.71. The molecule has 1 heterocycles. The van der Waals surface area contributed by atoms with Crippen molar-refractivity contribution in [2.24, 2.45) is 0 Å². The Morgan fingerprint density at radius 2 is 2.22 bits per heavy atom. The zero-order valence-electron chi connectivity index (χ0n) is 9.97. The van der Waals surface area contributed by atoms with Gasteiger partial charge in [0.05, 0.1) is 5.52 Å². The molecule has 92 valence electrons. The van der Waals surface area contributed by atoms with E-state index >= 15 is 0 Å². The summed E-state index contributed by atoms with van der Waals surface area (Å²) in [6.45, 7) is 1.55. The first-order chi connectivity index (χ1) is 8.68. The smallest absolute Gasteiger partial charge is 0.189 e. The van der Waals surface area contributed by atoms with Crippen molar-refractivity contribution in [3.63, 3.8) is 0 Å². The van der Waals surface area contributed by atoms with E-state index in [0.717, 1.165) is 11.1 Å². The number of fused-ring (bicyclic) bond motifs is 1. The summed E-state index contributed by atoms with van der Waals surface area (Å²) in [7, 11) is 0. The SMILES string of the molecule is CC(=O)SCC=Cc1cccc2c(=O)cc[nH]c12. The van der Waals surface area contributed by atoms with Crippen LogP contribution in [0.3, 0.4) is 0 Å². The van der Waals surface area contributed by atoms with Crippen LogP contribution < -0.4 is 5.43 Å². The van der Waals surface area contributed by atoms with Gasteiger partial charge in [-0.15, -0.1) is 0 Å². The van der Waals surface area contributed by atoms with Crippen LogP contribution in [0.25, 0.3) is 17.0 Å². The minimum atomic E-state index is 0.0112. The van der Waals surface area contributed by atoms with Gasteiger partial charge in [0, 0.05) is 30.3 Å². The summed E-state index contributed by atoms with van der Waals surface area (Å²) >= 11 is 1.26. The Kier molecular flexibility index (Phi) is 3.99. The minimum Gasteiger partial charge on any atom is -0.360 e. The predicted octanol–water partition coefficient (Wildman–Crippen LogP) is 2.82. The molecular formula is C14H13NO2S. The maximum Gasteiger partial charge on any atom is 0.189 e. The van der Waals surface area contributed by atoms with Gasteiger partial charge in [-0.1, -0.05) is 36.0 Å². The van der Waals surface area contributed by atoms with Crippen LogP contribution in [0.15, 0.2) is 41.3 Å². The zero-order valence-corrected chi connectivity index (χ0v) is 10.8. The molecule has 0 spiro atoms. The standard InChI is InChI=1S/C14H13NO2S/c1-10(16)18-9-3-5-11-4-2-6-12-13(17)7-8-15-14(11)12/h2-8H,9H2,1H3,(H,15,17). The van der Waals surface area contributed by atoms with Gasteiger partial charge in [0.25, 0.3) is 0 Å². The van der Waals surface area contributed by atoms with Crippen LogP contribution in [0.1, 0.15) is 12.5 Å². The summed E-state index contributed by atoms with van der Waals surface area (Å²) in [5.41, 5.74) is 1.79. The molecule has 0 amide bonds. The lowest BCUT2D eigenvalue weighted by atomic mass is 10.1. The van der Waals surface area contributed by atoms with E-state index in [0.29, 0.717) is 11.1 Å². The summed E-state index contributed by atoms with van der Waals surface area (Å²) in [6.07, 6.45) is 5.49. The van der Waals surface area contributed by atoms with Crippen LogP contribution in [-0.4, -0.2) is 15.9 Å². The number of carbonyl (C=O) groups is 1. The van der Waals surface area contributed by atoms with E-state index < -0.39 is 0 Å². The molecule has 1 aromatic carbocycles. The Morgan fingerprint density at radius 1 is 1.39 bits per heavy atom. The van der Waals surface area contributed by atoms with E-state index in [-0.39, 0.29) is 10.5 Å². The Morgan fingerprint density at radius 3 is 3.00 bits per heavy atom. The lowest BCUT2D eigenvalue weighted by Crippen LogP contribution is -2.00. The van der Waals surface area contributed by atoms with Crippen molar-refractivity contribution >= 4 is 33.9 Å². The number of aromatic nitrogens is 1. The third kappa shape index (κ3) is 2.90. The molecular weight excluding hydrogens is 246 g/mol. The highest BCUT2D eigenvalue weighted by molar-refractivity contribution is 8.13. The van der Waals surface area contributed by atoms with Crippen molar-refractivity contribution in [3.05, 3.63) is 52.3 Å². The first-order valence-corrected chi connectivity index (χ1v) is 6.57. The highest BCUT2D eigenvalue weighted by atomic mass is 32.2. The summed E-state index contributed by atoms with van der Waals surface area (Å²) in [6, 6.07) is 7.11. The normalized spacial score (nSPS) is 11.2. The first-order valence-electron chi connectivity index (χ1n) is 5.59. The highest BCUT2D eigenvalue weighted by Gasteiger charge is 2.00. The number of hydrogen-bond acceptors (Lipinski definition) is 3. The molecule has 4 heteroatoms. The third-order valence-electron chi connectivity index (χ3n) is 2.50. The lowest BCUT2D eigenvalue weighted by Gasteiger charge is -2.01. The number of pyridine rings is 1. The molecule has 2 rings (SSSR count). The van der Waals surface area contributed by atoms with Gasteiger partial charge < -0.3 is 4.98 Å². The molecule has 0 aliphatic heterocycles. The maximum absolute atomic E-state index is 11.7. The summed E-state index contributed by atoms with van der Waals surface area (Å²) in [5.74, 6) is 0.642. The second-order valence-corrected chi connectivity index (χ2v) is 5.01. The van der Waals surface area contributed by atoms with Gasteiger partial charge in [-0.3, -0.25) is 9.59 Å². The fourth-order valence-corrected chi connectivity index (χ4v) is 2.13. The van der Waals surface area contributed by atoms with E-state index in [1.165, 1.54) is 17.8 Å². The largest absolute Gasteiger partial charge is 0.360 e. The molecule has 0 aliphatic rings. The molecule has 0 aliphatic carbocycles. The average Bonchev–Trinajstić information content (AvgIpc) is 2.35. The van der Waals surface area contributed by atoms with Gasteiger partial charge in [-0.2, -0.15) is 0 Å². The molecule has 0 atom stereocenters. The lowest BCUT2D eigenvalue weighted by molar-refractivity contribution is -0.109. The molecule has 0 saturated heterocycles. The van der Waals surface area contributed by atoms with Crippen molar-refractivity contribution in [2.45, 2.75) is 6.92 Å². The molecule has 0 unspecified atom stereocenters. The second kappa shape index (κ2) is 5.69. The van der Waals surface area contributed by atoms with Crippen molar-refractivity contribution in [1.29, 1.82) is 0 Å². The fraction of sp³-hybridized carbons (Fsp3) is 0.143. The molecule has 0 radical (unpaired) electrons. The first kappa shape index (κ1) is 12.6. The molecule has 1 N–H and O–H groups in total. The Hall–Kier alpha value is -1.81. The van der Waals surface area contributed by atoms with Gasteiger partial charge in [0.2, 0.25) is 0 Å². The van der Waals surface area contributed by atoms with Gasteiger partial charge in [0.15, 0.2) is 10.5 Å². The van der Waals surface area contributed by atoms with Crippen LogP contribution in [0, 0.1) is 0 Å². The quantitative estimate of drug-likeness (QED) is 0.922. The van der Waals surface area contributed by atoms with Gasteiger partial charge >= 0.3 is 0 Å². The number of benzene rings is 1. The van der Waals surface area contributed by atoms with Crippen molar-refractivity contribution in [2.75, 3.05) is 5.75 Å². The van der Waals surface area contributed by atoms with E-state index in [2.05, 4.69) is 4.98 Å². The Labute approximate surface area is 109 Å². The minimum absolute atomic E-state index is 0.0112. The number of aromatic amines is 1. The van der Waals surface area contributed by atoms with Crippen molar-refractivity contribution in [1.82, 2.24) is 4.98 Å². The number of carbonyl (C=O) groups excluding carboxylic acids is 1. The molecule has 1 aromatic heterocycles. The topological polar surface area (TPSA) is 49.9 Å². The Balaban J connectivity index is 2.31. The number of H-pyrrole nitrogens is 1. The maximum atomic E-state index is 11.7. The number of para-hydroxylation sites is 1. The Bertz CT molecular complexity index is 658. The zero-order chi connectivity index (χ0) is 13.0. The van der Waals surface area contributed by atoms with E-state index in [4.69, 9.17) is 0 Å². The molecule has 18 heavy (non-hydrogen) atoms. The summed E-state index contributed by atoms with van der Waals surface area (Å²) in [5, 5.41) is 0.782. The molecule has 0 bridgehead atoms. The molecule has 0 fully saturated rings. The monoisotopic (exact) mass is 259 g/mol. The van der Waals surface area contributed by atoms with E-state index in [1.54, 1.807) is 19.2 Å². The van der Waals surface area contributed by atoms with Crippen molar-refractivity contribution in [3.8, 4) is 0 Å². The summed E-state index contributed by atoms with van der Waals surface area (Å²) in [4.78, 5) is 25.5. The van der Waals surface area contributed by atoms with Crippen LogP contribution in [0.5, 0.6) is 0 Å². The third-order valence-corrected chi connectivity index (χ3v) is 3.27. The number of thioether (sulfide) groups is 1.